The van der Waals surface area contributed by atoms with Crippen molar-refractivity contribution in [2.24, 2.45) is 5.92 Å². The molecule has 1 aromatic heterocycles. The Labute approximate surface area is 214 Å². The fourth-order valence-electron chi connectivity index (χ4n) is 4.16. The lowest BCUT2D eigenvalue weighted by Gasteiger charge is -2.21. The van der Waals surface area contributed by atoms with Gasteiger partial charge in [0.05, 0.1) is 28.0 Å². The lowest BCUT2D eigenvalue weighted by Crippen LogP contribution is -2.38. The first-order valence-electron chi connectivity index (χ1n) is 11.3. The molecule has 0 radical (unpaired) electrons. The van der Waals surface area contributed by atoms with Gasteiger partial charge < -0.3 is 9.47 Å². The predicted octanol–water partition coefficient (Wildman–Crippen LogP) is 4.75. The summed E-state index contributed by atoms with van der Waals surface area (Å²) in [6.07, 6.45) is -1.39. The molecule has 0 spiro atoms. The molecule has 0 unspecified atom stereocenters. The molecular weight excluding hydrogens is 499 g/mol. The van der Waals surface area contributed by atoms with Crippen molar-refractivity contribution in [2.75, 3.05) is 11.9 Å². The van der Waals surface area contributed by atoms with Gasteiger partial charge >= 0.3 is 5.97 Å². The van der Waals surface area contributed by atoms with Gasteiger partial charge in [0.15, 0.2) is 10.9 Å². The van der Waals surface area contributed by atoms with Crippen molar-refractivity contribution in [2.45, 2.75) is 13.0 Å². The van der Waals surface area contributed by atoms with Crippen LogP contribution in [0.1, 0.15) is 39.3 Å². The van der Waals surface area contributed by atoms with Crippen LogP contribution in [0.5, 0.6) is 5.75 Å². The van der Waals surface area contributed by atoms with E-state index in [0.29, 0.717) is 22.6 Å². The normalized spacial score (nSPS) is 15.1. The highest BCUT2D eigenvalue weighted by Crippen LogP contribution is 2.38. The Balaban J connectivity index is 1.48. The standard InChI is InChI=1S/C27H19FN2O6S/c1-2-35-14-11-12-19-20(13-14)37-27(29-19)30-25(33)23(32)21(22(31)17-9-5-6-10-18(17)28)24-15-7-3-4-8-16(15)26(34)36-24/h3-13,21,24H,2H2,1H3,(H,29,30,33)/t21-,24+/m1/s1. The number of hydrogen-bond donors (Lipinski definition) is 1. The molecule has 37 heavy (non-hydrogen) atoms. The maximum atomic E-state index is 14.5. The van der Waals surface area contributed by atoms with Gasteiger partial charge in [-0.15, -0.1) is 0 Å². The molecule has 10 heteroatoms. The second-order valence-electron chi connectivity index (χ2n) is 8.13. The first kappa shape index (κ1) is 24.3. The number of fused-ring (bicyclic) bond motifs is 2. The Bertz CT molecular complexity index is 1570. The van der Waals surface area contributed by atoms with Gasteiger partial charge in [-0.2, -0.15) is 0 Å². The smallest absolute Gasteiger partial charge is 0.339 e. The van der Waals surface area contributed by atoms with Crippen LogP contribution < -0.4 is 10.1 Å². The minimum atomic E-state index is -1.80. The quantitative estimate of drug-likeness (QED) is 0.155. The number of hydrogen-bond acceptors (Lipinski definition) is 8. The summed E-state index contributed by atoms with van der Waals surface area (Å²) in [6, 6.07) is 16.6. The fourth-order valence-corrected chi connectivity index (χ4v) is 5.05. The Morgan fingerprint density at radius 3 is 2.65 bits per heavy atom. The highest BCUT2D eigenvalue weighted by molar-refractivity contribution is 7.22. The zero-order chi connectivity index (χ0) is 26.1. The Morgan fingerprint density at radius 2 is 1.86 bits per heavy atom. The minimum Gasteiger partial charge on any atom is -0.494 e. The topological polar surface area (TPSA) is 112 Å². The highest BCUT2D eigenvalue weighted by atomic mass is 32.1. The molecule has 0 fully saturated rings. The number of carbonyl (C=O) groups excluding carboxylic acids is 4. The van der Waals surface area contributed by atoms with E-state index in [1.807, 2.05) is 6.92 Å². The van der Waals surface area contributed by atoms with Gasteiger partial charge in [-0.3, -0.25) is 19.7 Å². The average molecular weight is 519 g/mol. The molecule has 3 aromatic carbocycles. The van der Waals surface area contributed by atoms with Gasteiger partial charge in [0, 0.05) is 5.56 Å². The van der Waals surface area contributed by atoms with Crippen LogP contribution in [0.3, 0.4) is 0 Å². The number of ether oxygens (including phenoxy) is 2. The third kappa shape index (κ3) is 4.58. The number of Topliss-reactive ketones (excluding diaryl/α,β-unsaturated/α-hetero) is 2. The maximum Gasteiger partial charge on any atom is 0.339 e. The number of cyclic esters (lactones) is 1. The average Bonchev–Trinajstić information content (AvgIpc) is 3.44. The van der Waals surface area contributed by atoms with Crippen molar-refractivity contribution in [1.29, 1.82) is 0 Å². The Kier molecular flexibility index (Phi) is 6.49. The number of carbonyl (C=O) groups is 4. The van der Waals surface area contributed by atoms with Gasteiger partial charge in [-0.25, -0.2) is 14.2 Å². The summed E-state index contributed by atoms with van der Waals surface area (Å²) in [4.78, 5) is 56.7. The SMILES string of the molecule is CCOc1ccc2nc(NC(=O)C(=O)[C@@H](C(=O)c3ccccc3F)[C@H]3OC(=O)c4ccccc43)sc2c1. The molecule has 1 aliphatic heterocycles. The highest BCUT2D eigenvalue weighted by Gasteiger charge is 2.46. The third-order valence-electron chi connectivity index (χ3n) is 5.84. The molecule has 0 bridgehead atoms. The van der Waals surface area contributed by atoms with Crippen LogP contribution >= 0.6 is 11.3 Å². The van der Waals surface area contributed by atoms with E-state index < -0.39 is 46.8 Å². The lowest BCUT2D eigenvalue weighted by atomic mass is 9.84. The summed E-state index contributed by atoms with van der Waals surface area (Å²) in [5.74, 6) is -6.07. The summed E-state index contributed by atoms with van der Waals surface area (Å²) in [7, 11) is 0. The van der Waals surface area contributed by atoms with E-state index in [4.69, 9.17) is 9.47 Å². The fraction of sp³-hybridized carbons (Fsp3) is 0.148. The van der Waals surface area contributed by atoms with E-state index in [-0.39, 0.29) is 16.3 Å². The summed E-state index contributed by atoms with van der Waals surface area (Å²) >= 11 is 1.12. The number of anilines is 1. The largest absolute Gasteiger partial charge is 0.494 e. The number of nitrogens with one attached hydrogen (secondary N) is 1. The second-order valence-corrected chi connectivity index (χ2v) is 9.17. The van der Waals surface area contributed by atoms with E-state index >= 15 is 0 Å². The molecule has 186 valence electrons. The van der Waals surface area contributed by atoms with E-state index in [9.17, 15) is 23.6 Å². The third-order valence-corrected chi connectivity index (χ3v) is 6.78. The molecule has 1 aliphatic rings. The number of nitrogens with zero attached hydrogens (tertiary/aromatic N) is 1. The minimum absolute atomic E-state index is 0.128. The van der Waals surface area contributed by atoms with Crippen molar-refractivity contribution in [3.8, 4) is 5.75 Å². The number of amides is 1. The summed E-state index contributed by atoms with van der Waals surface area (Å²) in [6.45, 7) is 2.34. The van der Waals surface area contributed by atoms with Gasteiger partial charge in [0.1, 0.15) is 23.6 Å². The first-order valence-corrected chi connectivity index (χ1v) is 12.2. The second kappa shape index (κ2) is 9.90. The number of halogens is 1. The summed E-state index contributed by atoms with van der Waals surface area (Å²) < 4.78 is 26.1. The molecule has 0 aliphatic carbocycles. The monoisotopic (exact) mass is 518 g/mol. The number of rotatable bonds is 8. The summed E-state index contributed by atoms with van der Waals surface area (Å²) in [5.41, 5.74) is 0.626. The lowest BCUT2D eigenvalue weighted by molar-refractivity contribution is -0.138. The van der Waals surface area contributed by atoms with Crippen LogP contribution in [-0.4, -0.2) is 35.0 Å². The van der Waals surface area contributed by atoms with E-state index in [1.165, 1.54) is 30.3 Å². The predicted molar refractivity (Wildman–Crippen MR) is 133 cm³/mol. The van der Waals surface area contributed by atoms with Crippen molar-refractivity contribution < 1.29 is 33.0 Å². The number of ketones is 2. The van der Waals surface area contributed by atoms with Crippen LogP contribution in [0, 0.1) is 11.7 Å². The van der Waals surface area contributed by atoms with Gasteiger partial charge in [0.2, 0.25) is 5.78 Å². The van der Waals surface area contributed by atoms with Crippen molar-refractivity contribution in [3.63, 3.8) is 0 Å². The van der Waals surface area contributed by atoms with E-state index in [2.05, 4.69) is 10.3 Å². The van der Waals surface area contributed by atoms with E-state index in [0.717, 1.165) is 17.4 Å². The van der Waals surface area contributed by atoms with Crippen molar-refractivity contribution in [3.05, 3.63) is 89.2 Å². The van der Waals surface area contributed by atoms with Crippen molar-refractivity contribution in [1.82, 2.24) is 4.98 Å². The van der Waals surface area contributed by atoms with Crippen LogP contribution in [0.25, 0.3) is 10.2 Å². The van der Waals surface area contributed by atoms with Crippen LogP contribution in [0.2, 0.25) is 0 Å². The van der Waals surface area contributed by atoms with Crippen LogP contribution in [0.15, 0.2) is 66.7 Å². The molecule has 2 heterocycles. The Hall–Kier alpha value is -4.44. The molecule has 8 nitrogen and oxygen atoms in total. The van der Waals surface area contributed by atoms with E-state index in [1.54, 1.807) is 30.3 Å². The van der Waals surface area contributed by atoms with Gasteiger partial charge in [-0.1, -0.05) is 41.7 Å². The number of thiazole rings is 1. The van der Waals surface area contributed by atoms with Crippen LogP contribution in [-0.2, 0) is 14.3 Å². The first-order chi connectivity index (χ1) is 17.9. The van der Waals surface area contributed by atoms with Crippen molar-refractivity contribution >= 4 is 50.1 Å². The molecule has 1 N–H and O–H groups in total. The molecule has 0 saturated carbocycles. The zero-order valence-electron chi connectivity index (χ0n) is 19.4. The molecule has 1 amide bonds. The van der Waals surface area contributed by atoms with Gasteiger partial charge in [-0.05, 0) is 43.3 Å². The molecule has 2 atom stereocenters. The number of benzene rings is 3. The molecule has 0 saturated heterocycles. The Morgan fingerprint density at radius 1 is 1.11 bits per heavy atom. The molecular formula is C27H19FN2O6S. The molecule has 5 rings (SSSR count). The number of aromatic nitrogens is 1. The maximum absolute atomic E-state index is 14.5. The zero-order valence-corrected chi connectivity index (χ0v) is 20.2. The van der Waals surface area contributed by atoms with Gasteiger partial charge in [0.25, 0.3) is 5.91 Å². The number of esters is 1. The molecule has 4 aromatic rings. The van der Waals surface area contributed by atoms with Crippen LogP contribution in [0.4, 0.5) is 9.52 Å². The summed E-state index contributed by atoms with van der Waals surface area (Å²) in [5, 5.41) is 2.56.